The third-order valence-electron chi connectivity index (χ3n) is 5.78. The quantitative estimate of drug-likeness (QED) is 0.517. The van der Waals surface area contributed by atoms with E-state index in [2.05, 4.69) is 32.4 Å². The van der Waals surface area contributed by atoms with Gasteiger partial charge in [-0.25, -0.2) is 19.2 Å². The normalized spacial score (nSPS) is 15.1. The zero-order valence-corrected chi connectivity index (χ0v) is 19.6. The van der Waals surface area contributed by atoms with E-state index in [4.69, 9.17) is 11.6 Å². The summed E-state index contributed by atoms with van der Waals surface area (Å²) in [6, 6.07) is 7.83. The molecule has 0 bridgehead atoms. The minimum Gasteiger partial charge on any atom is -0.338 e. The zero-order valence-electron chi connectivity index (χ0n) is 18.1. The molecular formula is C22H26ClFN6OS. The second-order valence-corrected chi connectivity index (χ2v) is 9.29. The lowest BCUT2D eigenvalue weighted by atomic mass is 9.97. The molecule has 0 saturated carbocycles. The fourth-order valence-electron chi connectivity index (χ4n) is 3.81. The molecule has 32 heavy (non-hydrogen) atoms. The van der Waals surface area contributed by atoms with Gasteiger partial charge in [-0.2, -0.15) is 0 Å². The second-order valence-electron chi connectivity index (χ2n) is 7.88. The van der Waals surface area contributed by atoms with Crippen LogP contribution in [0.2, 0.25) is 5.02 Å². The van der Waals surface area contributed by atoms with Crippen LogP contribution in [-0.2, 0) is 0 Å². The summed E-state index contributed by atoms with van der Waals surface area (Å²) in [6.07, 6.45) is 2.20. The number of nitrogens with one attached hydrogen (secondary N) is 2. The van der Waals surface area contributed by atoms with Gasteiger partial charge in [0, 0.05) is 18.6 Å². The van der Waals surface area contributed by atoms with Crippen LogP contribution in [0.5, 0.6) is 0 Å². The molecule has 3 heterocycles. The maximum Gasteiger partial charge on any atom is 0.321 e. The lowest BCUT2D eigenvalue weighted by molar-refractivity contribution is 0.190. The number of likely N-dealkylation sites (tertiary alicyclic amines) is 1. The number of urea groups is 1. The third-order valence-corrected chi connectivity index (χ3v) is 6.90. The molecule has 2 amide bonds. The van der Waals surface area contributed by atoms with Crippen LogP contribution >= 0.6 is 22.9 Å². The summed E-state index contributed by atoms with van der Waals surface area (Å²) < 4.78 is 14.3. The van der Waals surface area contributed by atoms with E-state index in [1.165, 1.54) is 17.4 Å². The molecule has 1 fully saturated rings. The van der Waals surface area contributed by atoms with Crippen molar-refractivity contribution in [2.75, 3.05) is 43.4 Å². The Morgan fingerprint density at radius 1 is 1.28 bits per heavy atom. The number of halogens is 2. The Kier molecular flexibility index (Phi) is 7.07. The number of anilines is 3. The fourth-order valence-corrected chi connectivity index (χ4v) is 4.80. The van der Waals surface area contributed by atoms with Gasteiger partial charge >= 0.3 is 6.03 Å². The molecule has 0 atom stereocenters. The zero-order chi connectivity index (χ0) is 22.7. The van der Waals surface area contributed by atoms with Crippen LogP contribution < -0.4 is 15.5 Å². The molecule has 0 radical (unpaired) electrons. The van der Waals surface area contributed by atoms with Crippen molar-refractivity contribution in [2.24, 2.45) is 5.92 Å². The number of amides is 2. The summed E-state index contributed by atoms with van der Waals surface area (Å²) in [4.78, 5) is 26.1. The number of pyridine rings is 1. The van der Waals surface area contributed by atoms with E-state index in [0.29, 0.717) is 44.5 Å². The van der Waals surface area contributed by atoms with Crippen LogP contribution in [0.1, 0.15) is 19.8 Å². The number of hydrogen-bond acceptors (Lipinski definition) is 6. The summed E-state index contributed by atoms with van der Waals surface area (Å²) in [7, 11) is 1.74. The highest BCUT2D eigenvalue weighted by atomic mass is 35.5. The van der Waals surface area contributed by atoms with Gasteiger partial charge in [0.25, 0.3) is 0 Å². The molecule has 10 heteroatoms. The maximum absolute atomic E-state index is 14.3. The first kappa shape index (κ1) is 22.7. The van der Waals surface area contributed by atoms with Gasteiger partial charge in [0.05, 0.1) is 5.69 Å². The molecule has 4 rings (SSSR count). The van der Waals surface area contributed by atoms with Gasteiger partial charge in [0.2, 0.25) is 0 Å². The topological polar surface area (TPSA) is 73.4 Å². The Hall–Kier alpha value is -2.49. The van der Waals surface area contributed by atoms with E-state index in [1.54, 1.807) is 30.1 Å². The summed E-state index contributed by atoms with van der Waals surface area (Å²) >= 11 is 7.13. The highest BCUT2D eigenvalue weighted by Crippen LogP contribution is 2.31. The van der Waals surface area contributed by atoms with E-state index >= 15 is 0 Å². The molecule has 0 aliphatic carbocycles. The number of hydrogen-bond donors (Lipinski definition) is 2. The van der Waals surface area contributed by atoms with E-state index in [9.17, 15) is 9.18 Å². The molecule has 1 aliphatic rings. The van der Waals surface area contributed by atoms with Crippen LogP contribution in [0.4, 0.5) is 25.8 Å². The lowest BCUT2D eigenvalue weighted by Gasteiger charge is -2.30. The summed E-state index contributed by atoms with van der Waals surface area (Å²) in [5.74, 6) is 0.648. The number of benzene rings is 1. The van der Waals surface area contributed by atoms with Gasteiger partial charge in [-0.3, -0.25) is 5.32 Å². The van der Waals surface area contributed by atoms with Crippen molar-refractivity contribution in [2.45, 2.75) is 19.8 Å². The van der Waals surface area contributed by atoms with Crippen LogP contribution in [0.3, 0.4) is 0 Å². The Morgan fingerprint density at radius 2 is 2.06 bits per heavy atom. The van der Waals surface area contributed by atoms with Gasteiger partial charge in [-0.05, 0) is 68.7 Å². The van der Waals surface area contributed by atoms with Crippen LogP contribution in [-0.4, -0.2) is 54.1 Å². The van der Waals surface area contributed by atoms with Crippen molar-refractivity contribution in [1.82, 2.24) is 20.2 Å². The van der Waals surface area contributed by atoms with E-state index < -0.39 is 5.82 Å². The van der Waals surface area contributed by atoms with Crippen molar-refractivity contribution in [3.63, 3.8) is 0 Å². The third kappa shape index (κ3) is 5.28. The van der Waals surface area contributed by atoms with Crippen molar-refractivity contribution in [3.8, 4) is 0 Å². The Balaban J connectivity index is 1.38. The monoisotopic (exact) mass is 476 g/mol. The highest BCUT2D eigenvalue weighted by molar-refractivity contribution is 7.22. The molecule has 1 aromatic carbocycles. The lowest BCUT2D eigenvalue weighted by Crippen LogP contribution is -2.39. The van der Waals surface area contributed by atoms with Gasteiger partial charge in [-0.15, -0.1) is 0 Å². The van der Waals surface area contributed by atoms with Crippen molar-refractivity contribution in [1.29, 1.82) is 0 Å². The minimum absolute atomic E-state index is 0.262. The van der Waals surface area contributed by atoms with Crippen LogP contribution in [0.15, 0.2) is 30.3 Å². The van der Waals surface area contributed by atoms with Gasteiger partial charge < -0.3 is 15.1 Å². The average molecular weight is 477 g/mol. The predicted octanol–water partition coefficient (Wildman–Crippen LogP) is 5.11. The van der Waals surface area contributed by atoms with E-state index in [-0.39, 0.29) is 6.03 Å². The van der Waals surface area contributed by atoms with Crippen LogP contribution in [0, 0.1) is 11.7 Å². The highest BCUT2D eigenvalue weighted by Gasteiger charge is 2.19. The van der Waals surface area contributed by atoms with Gasteiger partial charge in [0.1, 0.15) is 22.0 Å². The summed E-state index contributed by atoms with van der Waals surface area (Å²) in [5.41, 5.74) is 1.04. The van der Waals surface area contributed by atoms with Gasteiger partial charge in [0.15, 0.2) is 5.13 Å². The average Bonchev–Trinajstić information content (AvgIpc) is 3.19. The first-order chi connectivity index (χ1) is 15.4. The Morgan fingerprint density at radius 3 is 2.78 bits per heavy atom. The van der Waals surface area contributed by atoms with Crippen molar-refractivity contribution in [3.05, 3.63) is 41.2 Å². The second kappa shape index (κ2) is 9.97. The number of nitrogens with zero attached hydrogens (tertiary/aromatic N) is 4. The van der Waals surface area contributed by atoms with Gasteiger partial charge in [-0.1, -0.05) is 29.9 Å². The fraction of sp³-hybridized carbons (Fsp3) is 0.409. The molecule has 0 spiro atoms. The number of aromatic nitrogens is 2. The Bertz CT molecular complexity index is 1100. The van der Waals surface area contributed by atoms with E-state index in [0.717, 1.165) is 32.5 Å². The van der Waals surface area contributed by atoms with Crippen molar-refractivity contribution >= 4 is 56.0 Å². The maximum atomic E-state index is 14.3. The molecule has 2 aromatic heterocycles. The molecule has 1 aliphatic heterocycles. The molecular weight excluding hydrogens is 451 g/mol. The SMILES string of the molecule is CCN1CCC(CNC(=O)Nc2nc3ccc(N(C)c4ccc(Cl)cc4F)nc3s2)CC1. The number of rotatable bonds is 6. The minimum atomic E-state index is -0.425. The molecule has 2 N–H and O–H groups in total. The summed E-state index contributed by atoms with van der Waals surface area (Å²) in [5, 5.41) is 6.58. The van der Waals surface area contributed by atoms with Crippen molar-refractivity contribution < 1.29 is 9.18 Å². The van der Waals surface area contributed by atoms with E-state index in [1.807, 2.05) is 6.07 Å². The first-order valence-corrected chi connectivity index (χ1v) is 11.9. The molecule has 7 nitrogen and oxygen atoms in total. The molecule has 0 unspecified atom stereocenters. The molecule has 3 aromatic rings. The van der Waals surface area contributed by atoms with Crippen LogP contribution in [0.25, 0.3) is 10.3 Å². The largest absolute Gasteiger partial charge is 0.338 e. The number of piperidine rings is 1. The number of thiazole rings is 1. The number of carbonyl (C=O) groups excluding carboxylic acids is 1. The molecule has 170 valence electrons. The summed E-state index contributed by atoms with van der Waals surface area (Å²) in [6.45, 7) is 6.10. The predicted molar refractivity (Wildman–Crippen MR) is 129 cm³/mol. The standard InChI is InChI=1S/C22H26ClFN6OS/c1-3-30-10-8-14(9-11-30)13-25-21(31)28-22-26-17-5-7-19(27-20(17)32-22)29(2)18-6-4-15(23)12-16(18)24/h4-7,12,14H,3,8-11,13H2,1-2H3,(H2,25,26,28,31). The number of carbonyl (C=O) groups is 1. The Labute approximate surface area is 195 Å². The smallest absolute Gasteiger partial charge is 0.321 e. The number of fused-ring (bicyclic) bond motifs is 1. The first-order valence-electron chi connectivity index (χ1n) is 10.7. The molecule has 1 saturated heterocycles.